The summed E-state index contributed by atoms with van der Waals surface area (Å²) < 4.78 is 0. The molecule has 9 heteroatoms. The van der Waals surface area contributed by atoms with Crippen molar-refractivity contribution < 1.29 is 19.6 Å². The van der Waals surface area contributed by atoms with Gasteiger partial charge in [-0.2, -0.15) is 0 Å². The van der Waals surface area contributed by atoms with Gasteiger partial charge >= 0.3 is 11.0 Å². The molecular weight excluding hydrogens is 286 g/mol. The quantitative estimate of drug-likeness (QED) is 0.656. The fourth-order valence-electron chi connectivity index (χ4n) is 1.41. The first-order chi connectivity index (χ1) is 9.49. The number of hydrogen-bond acceptors (Lipinski definition) is 6. The van der Waals surface area contributed by atoms with E-state index in [1.54, 1.807) is 0 Å². The number of nitrogens with zero attached hydrogens (tertiary/aromatic N) is 2. The maximum Gasteiger partial charge on any atom is 0.356 e. The van der Waals surface area contributed by atoms with Crippen molar-refractivity contribution in [2.75, 3.05) is 5.32 Å². The summed E-state index contributed by atoms with van der Waals surface area (Å²) >= 11 is 0.815. The predicted octanol–water partition coefficient (Wildman–Crippen LogP) is 2.00. The normalized spacial score (nSPS) is 10.0. The van der Waals surface area contributed by atoms with E-state index in [4.69, 9.17) is 5.11 Å². The molecule has 102 valence electrons. The second-order valence-corrected chi connectivity index (χ2v) is 4.48. The van der Waals surface area contributed by atoms with Crippen LogP contribution in [0.25, 0.3) is 0 Å². The number of thiophene rings is 1. The van der Waals surface area contributed by atoms with Gasteiger partial charge in [-0.3, -0.25) is 14.9 Å². The summed E-state index contributed by atoms with van der Waals surface area (Å²) in [5, 5.41) is 23.0. The van der Waals surface area contributed by atoms with Crippen molar-refractivity contribution in [3.63, 3.8) is 0 Å². The maximum absolute atomic E-state index is 11.9. The third-order valence-corrected chi connectivity index (χ3v) is 3.17. The number of hydrogen-bond donors (Lipinski definition) is 2. The lowest BCUT2D eigenvalue weighted by atomic mass is 10.2. The number of nitro groups is 1. The van der Waals surface area contributed by atoms with Crippen LogP contribution in [0.4, 0.5) is 10.7 Å². The van der Waals surface area contributed by atoms with Crippen molar-refractivity contribution in [1.29, 1.82) is 0 Å². The molecular formula is C11H7N3O5S. The molecule has 0 saturated carbocycles. The third kappa shape index (κ3) is 2.78. The molecule has 0 aliphatic carbocycles. The van der Waals surface area contributed by atoms with Gasteiger partial charge in [0.25, 0.3) is 5.91 Å². The topological polar surface area (TPSA) is 122 Å². The summed E-state index contributed by atoms with van der Waals surface area (Å²) in [5.74, 6) is -1.91. The van der Waals surface area contributed by atoms with Gasteiger partial charge < -0.3 is 10.4 Å². The first kappa shape index (κ1) is 13.6. The Morgan fingerprint density at radius 1 is 1.45 bits per heavy atom. The molecule has 0 aliphatic heterocycles. The molecule has 0 aliphatic rings. The summed E-state index contributed by atoms with van der Waals surface area (Å²) in [6.07, 6.45) is 1.29. The summed E-state index contributed by atoms with van der Waals surface area (Å²) in [7, 11) is 0. The number of carbonyl (C=O) groups excluding carboxylic acids is 1. The van der Waals surface area contributed by atoms with E-state index in [1.807, 2.05) is 0 Å². The molecule has 0 saturated heterocycles. The number of anilines is 1. The molecule has 0 unspecified atom stereocenters. The van der Waals surface area contributed by atoms with Gasteiger partial charge in [-0.25, -0.2) is 9.78 Å². The number of nitrogens with one attached hydrogen (secondary N) is 1. The van der Waals surface area contributed by atoms with Crippen LogP contribution in [0, 0.1) is 10.1 Å². The van der Waals surface area contributed by atoms with E-state index < -0.39 is 16.8 Å². The zero-order valence-corrected chi connectivity index (χ0v) is 10.6. The predicted molar refractivity (Wildman–Crippen MR) is 70.1 cm³/mol. The van der Waals surface area contributed by atoms with Crippen molar-refractivity contribution in [1.82, 2.24) is 4.98 Å². The molecule has 2 aromatic rings. The van der Waals surface area contributed by atoms with Crippen LogP contribution >= 0.6 is 11.3 Å². The molecule has 0 radical (unpaired) electrons. The van der Waals surface area contributed by atoms with E-state index in [9.17, 15) is 19.7 Å². The Bertz CT molecular complexity index is 697. The van der Waals surface area contributed by atoms with Gasteiger partial charge in [-0.1, -0.05) is 11.3 Å². The van der Waals surface area contributed by atoms with E-state index in [1.165, 1.54) is 23.7 Å². The highest BCUT2D eigenvalue weighted by atomic mass is 32.1. The van der Waals surface area contributed by atoms with Gasteiger partial charge in [0.2, 0.25) is 0 Å². The molecule has 1 amide bonds. The molecule has 2 heterocycles. The average Bonchev–Trinajstić information content (AvgIpc) is 2.89. The average molecular weight is 293 g/mol. The zero-order chi connectivity index (χ0) is 14.7. The van der Waals surface area contributed by atoms with E-state index in [0.717, 1.165) is 17.4 Å². The lowest BCUT2D eigenvalue weighted by Crippen LogP contribution is -2.15. The van der Waals surface area contributed by atoms with Gasteiger partial charge in [0, 0.05) is 17.6 Å². The maximum atomic E-state index is 11.9. The van der Waals surface area contributed by atoms with Crippen molar-refractivity contribution >= 4 is 33.9 Å². The standard InChI is InChI=1S/C11H7N3O5S/c15-10(6-4-8(14(18)19)20-5-6)13-7-2-1-3-12-9(7)11(16)17/h1-5H,(H,13,15)(H,16,17). The van der Waals surface area contributed by atoms with Crippen LogP contribution in [-0.4, -0.2) is 26.9 Å². The molecule has 0 bridgehead atoms. The van der Waals surface area contributed by atoms with Gasteiger partial charge in [0.05, 0.1) is 16.2 Å². The van der Waals surface area contributed by atoms with Crippen LogP contribution in [0.5, 0.6) is 0 Å². The molecule has 2 N–H and O–H groups in total. The number of carboxylic acid groups (broad SMARTS) is 1. The van der Waals surface area contributed by atoms with Gasteiger partial charge in [-0.15, -0.1) is 0 Å². The van der Waals surface area contributed by atoms with Crippen LogP contribution in [0.2, 0.25) is 0 Å². The molecule has 2 rings (SSSR count). The van der Waals surface area contributed by atoms with E-state index in [2.05, 4.69) is 10.3 Å². The van der Waals surface area contributed by atoms with Gasteiger partial charge in [0.15, 0.2) is 5.69 Å². The Labute approximate surface area is 115 Å². The highest BCUT2D eigenvalue weighted by molar-refractivity contribution is 7.13. The number of aromatic carboxylic acids is 1. The molecule has 2 aromatic heterocycles. The van der Waals surface area contributed by atoms with Crippen LogP contribution in [-0.2, 0) is 0 Å². The molecule has 0 atom stereocenters. The lowest BCUT2D eigenvalue weighted by molar-refractivity contribution is -0.380. The highest BCUT2D eigenvalue weighted by Gasteiger charge is 2.18. The van der Waals surface area contributed by atoms with Crippen LogP contribution < -0.4 is 5.32 Å². The molecule has 0 fully saturated rings. The van der Waals surface area contributed by atoms with Crippen LogP contribution in [0.15, 0.2) is 29.8 Å². The minimum atomic E-state index is -1.28. The van der Waals surface area contributed by atoms with Gasteiger partial charge in [0.1, 0.15) is 0 Å². The Morgan fingerprint density at radius 2 is 2.20 bits per heavy atom. The molecule has 20 heavy (non-hydrogen) atoms. The number of carboxylic acids is 1. The zero-order valence-electron chi connectivity index (χ0n) is 9.77. The minimum Gasteiger partial charge on any atom is -0.476 e. The Morgan fingerprint density at radius 3 is 2.80 bits per heavy atom. The minimum absolute atomic E-state index is 0.0267. The number of carbonyl (C=O) groups is 2. The van der Waals surface area contributed by atoms with Gasteiger partial charge in [-0.05, 0) is 12.1 Å². The monoisotopic (exact) mass is 293 g/mol. The number of aromatic nitrogens is 1. The first-order valence-electron chi connectivity index (χ1n) is 5.21. The van der Waals surface area contributed by atoms with Crippen LogP contribution in [0.3, 0.4) is 0 Å². The number of amides is 1. The SMILES string of the molecule is O=C(Nc1cccnc1C(=O)O)c1csc([N+](=O)[O-])c1. The second-order valence-electron chi connectivity index (χ2n) is 3.59. The van der Waals surface area contributed by atoms with Crippen LogP contribution in [0.1, 0.15) is 20.8 Å². The van der Waals surface area contributed by atoms with Crippen molar-refractivity contribution in [2.24, 2.45) is 0 Å². The molecule has 0 aromatic carbocycles. The molecule has 8 nitrogen and oxygen atoms in total. The van der Waals surface area contributed by atoms with Crippen molar-refractivity contribution in [3.05, 3.63) is 51.1 Å². The van der Waals surface area contributed by atoms with E-state index >= 15 is 0 Å². The van der Waals surface area contributed by atoms with E-state index in [0.29, 0.717) is 0 Å². The highest BCUT2D eigenvalue weighted by Crippen LogP contribution is 2.23. The lowest BCUT2D eigenvalue weighted by Gasteiger charge is -2.05. The summed E-state index contributed by atoms with van der Waals surface area (Å²) in [5.41, 5.74) is -0.189. The third-order valence-electron chi connectivity index (χ3n) is 2.29. The fraction of sp³-hybridized carbons (Fsp3) is 0. The number of rotatable bonds is 4. The summed E-state index contributed by atoms with van der Waals surface area (Å²) in [6.45, 7) is 0. The van der Waals surface area contributed by atoms with Crippen molar-refractivity contribution in [2.45, 2.75) is 0 Å². The largest absolute Gasteiger partial charge is 0.476 e. The second kappa shape index (κ2) is 5.45. The smallest absolute Gasteiger partial charge is 0.356 e. The van der Waals surface area contributed by atoms with Crippen molar-refractivity contribution in [3.8, 4) is 0 Å². The fourth-order valence-corrected chi connectivity index (χ4v) is 2.11. The summed E-state index contributed by atoms with van der Waals surface area (Å²) in [4.78, 5) is 36.4. The van der Waals surface area contributed by atoms with E-state index in [-0.39, 0.29) is 21.9 Å². The Kier molecular flexibility index (Phi) is 3.71. The first-order valence-corrected chi connectivity index (χ1v) is 6.09. The molecule has 0 spiro atoms. The Balaban J connectivity index is 2.23. The summed E-state index contributed by atoms with van der Waals surface area (Å²) in [6, 6.07) is 3.98. The number of pyridine rings is 1. The Hall–Kier alpha value is -2.81.